The molecule has 0 spiro atoms. The first kappa shape index (κ1) is 15.1. The van der Waals surface area contributed by atoms with Crippen molar-refractivity contribution in [1.29, 1.82) is 0 Å². The zero-order chi connectivity index (χ0) is 13.5. The van der Waals surface area contributed by atoms with Crippen LogP contribution in [-0.2, 0) is 6.42 Å². The summed E-state index contributed by atoms with van der Waals surface area (Å²) < 4.78 is 12.3. The molecule has 1 aromatic rings. The van der Waals surface area contributed by atoms with E-state index in [0.29, 0.717) is 18.9 Å². The van der Waals surface area contributed by atoms with Crippen LogP contribution in [0.5, 0.6) is 11.5 Å². The molecule has 0 aliphatic heterocycles. The van der Waals surface area contributed by atoms with Crippen LogP contribution in [0.2, 0.25) is 0 Å². The average molecular weight is 314 g/mol. The van der Waals surface area contributed by atoms with Crippen molar-refractivity contribution in [3.8, 4) is 11.5 Å². The van der Waals surface area contributed by atoms with Crippen LogP contribution in [0.25, 0.3) is 0 Å². The fourth-order valence-corrected chi connectivity index (χ4v) is 2.13. The van der Waals surface area contributed by atoms with Crippen molar-refractivity contribution in [2.45, 2.75) is 26.4 Å². The number of ether oxygens (including phenoxy) is 2. The third-order valence-corrected chi connectivity index (χ3v) is 3.03. The molecule has 0 heterocycles. The predicted octanol–water partition coefficient (Wildman–Crippen LogP) is 3.30. The Balaban J connectivity index is 3.09. The summed E-state index contributed by atoms with van der Waals surface area (Å²) in [6.07, 6.45) is 2.49. The largest absolute Gasteiger partial charge is 0.490 e. The molecule has 0 bridgehead atoms. The lowest BCUT2D eigenvalue weighted by molar-refractivity contribution is 0.243. The van der Waals surface area contributed by atoms with Crippen LogP contribution in [0.1, 0.15) is 19.4 Å². The average Bonchev–Trinajstić information content (AvgIpc) is 2.34. The van der Waals surface area contributed by atoms with E-state index in [9.17, 15) is 0 Å². The molecule has 0 radical (unpaired) electrons. The number of benzene rings is 1. The fourth-order valence-electron chi connectivity index (χ4n) is 1.54. The van der Waals surface area contributed by atoms with E-state index < -0.39 is 0 Å². The van der Waals surface area contributed by atoms with E-state index in [0.717, 1.165) is 22.2 Å². The molecular formula is C14H20BrNO2. The van der Waals surface area contributed by atoms with Gasteiger partial charge in [0, 0.05) is 0 Å². The molecule has 0 fully saturated rings. The standard InChI is InChI=1S/C14H20BrNO2/c1-4-10(3)18-14-12(15)8-11(6-7-16)9-13(14)17-5-2/h4,8-10H,1,5-7,16H2,2-3H3. The summed E-state index contributed by atoms with van der Waals surface area (Å²) in [5.74, 6) is 1.45. The van der Waals surface area contributed by atoms with Gasteiger partial charge >= 0.3 is 0 Å². The summed E-state index contributed by atoms with van der Waals surface area (Å²) in [7, 11) is 0. The monoisotopic (exact) mass is 313 g/mol. The first-order valence-corrected chi connectivity index (χ1v) is 6.86. The van der Waals surface area contributed by atoms with E-state index >= 15 is 0 Å². The molecule has 0 aromatic heterocycles. The summed E-state index contributed by atoms with van der Waals surface area (Å²) in [5.41, 5.74) is 6.71. The predicted molar refractivity (Wildman–Crippen MR) is 78.4 cm³/mol. The van der Waals surface area contributed by atoms with Crippen LogP contribution < -0.4 is 15.2 Å². The van der Waals surface area contributed by atoms with Gasteiger partial charge in [0.2, 0.25) is 0 Å². The van der Waals surface area contributed by atoms with Crippen molar-refractivity contribution in [3.05, 3.63) is 34.8 Å². The van der Waals surface area contributed by atoms with E-state index in [-0.39, 0.29) is 6.10 Å². The molecule has 0 aliphatic rings. The molecule has 0 saturated carbocycles. The van der Waals surface area contributed by atoms with Gasteiger partial charge in [-0.2, -0.15) is 0 Å². The van der Waals surface area contributed by atoms with Gasteiger partial charge in [0.15, 0.2) is 11.5 Å². The second-order valence-electron chi connectivity index (χ2n) is 3.94. The molecule has 3 nitrogen and oxygen atoms in total. The van der Waals surface area contributed by atoms with Crippen molar-refractivity contribution in [2.75, 3.05) is 13.2 Å². The molecule has 0 amide bonds. The maximum atomic E-state index is 5.79. The van der Waals surface area contributed by atoms with Crippen molar-refractivity contribution in [1.82, 2.24) is 0 Å². The van der Waals surface area contributed by atoms with Crippen LogP contribution in [0.15, 0.2) is 29.3 Å². The van der Waals surface area contributed by atoms with E-state index in [1.807, 2.05) is 26.0 Å². The van der Waals surface area contributed by atoms with Gasteiger partial charge < -0.3 is 15.2 Å². The highest BCUT2D eigenvalue weighted by Crippen LogP contribution is 2.37. The van der Waals surface area contributed by atoms with Crippen LogP contribution in [0, 0.1) is 0 Å². The molecule has 100 valence electrons. The van der Waals surface area contributed by atoms with E-state index in [4.69, 9.17) is 15.2 Å². The molecule has 1 unspecified atom stereocenters. The van der Waals surface area contributed by atoms with Crippen molar-refractivity contribution >= 4 is 15.9 Å². The summed E-state index contributed by atoms with van der Waals surface area (Å²) in [5, 5.41) is 0. The van der Waals surface area contributed by atoms with Crippen LogP contribution in [-0.4, -0.2) is 19.3 Å². The van der Waals surface area contributed by atoms with Crippen LogP contribution in [0.3, 0.4) is 0 Å². The highest BCUT2D eigenvalue weighted by Gasteiger charge is 2.13. The Bertz CT molecular complexity index is 407. The zero-order valence-electron chi connectivity index (χ0n) is 10.9. The van der Waals surface area contributed by atoms with E-state index in [1.54, 1.807) is 6.08 Å². The first-order chi connectivity index (χ1) is 8.62. The topological polar surface area (TPSA) is 44.5 Å². The van der Waals surface area contributed by atoms with Gasteiger partial charge in [-0.25, -0.2) is 0 Å². The lowest BCUT2D eigenvalue weighted by atomic mass is 10.1. The fraction of sp³-hybridized carbons (Fsp3) is 0.429. The molecular weight excluding hydrogens is 294 g/mol. The van der Waals surface area contributed by atoms with Gasteiger partial charge in [-0.05, 0) is 60.4 Å². The number of hydrogen-bond acceptors (Lipinski definition) is 3. The Hall–Kier alpha value is -1.00. The molecule has 4 heteroatoms. The second-order valence-corrected chi connectivity index (χ2v) is 4.79. The van der Waals surface area contributed by atoms with Crippen LogP contribution >= 0.6 is 15.9 Å². The minimum atomic E-state index is -0.0686. The number of rotatable bonds is 7. The van der Waals surface area contributed by atoms with Crippen LogP contribution in [0.4, 0.5) is 0 Å². The molecule has 1 aromatic carbocycles. The normalized spacial score (nSPS) is 12.0. The molecule has 18 heavy (non-hydrogen) atoms. The Labute approximate surface area is 117 Å². The quantitative estimate of drug-likeness (QED) is 0.785. The molecule has 1 atom stereocenters. The SMILES string of the molecule is C=CC(C)Oc1c(Br)cc(CCN)cc1OCC. The summed E-state index contributed by atoms with van der Waals surface area (Å²) in [4.78, 5) is 0. The smallest absolute Gasteiger partial charge is 0.176 e. The van der Waals surface area contributed by atoms with Crippen molar-refractivity contribution in [3.63, 3.8) is 0 Å². The summed E-state index contributed by atoms with van der Waals surface area (Å²) in [6.45, 7) is 8.80. The summed E-state index contributed by atoms with van der Waals surface area (Å²) in [6, 6.07) is 3.99. The first-order valence-electron chi connectivity index (χ1n) is 6.06. The maximum Gasteiger partial charge on any atom is 0.176 e. The minimum Gasteiger partial charge on any atom is -0.490 e. The second kappa shape index (κ2) is 7.44. The van der Waals surface area contributed by atoms with Gasteiger partial charge in [-0.1, -0.05) is 12.7 Å². The number of nitrogens with two attached hydrogens (primary N) is 1. The zero-order valence-corrected chi connectivity index (χ0v) is 12.5. The maximum absolute atomic E-state index is 5.79. The Morgan fingerprint density at radius 3 is 2.78 bits per heavy atom. The van der Waals surface area contributed by atoms with E-state index in [1.165, 1.54) is 0 Å². The van der Waals surface area contributed by atoms with Gasteiger partial charge in [0.05, 0.1) is 11.1 Å². The molecule has 1 rings (SSSR count). The number of hydrogen-bond donors (Lipinski definition) is 1. The lowest BCUT2D eigenvalue weighted by Crippen LogP contribution is -2.10. The molecule has 2 N–H and O–H groups in total. The Morgan fingerprint density at radius 2 is 2.22 bits per heavy atom. The van der Waals surface area contributed by atoms with Gasteiger partial charge in [-0.3, -0.25) is 0 Å². The molecule has 0 saturated heterocycles. The van der Waals surface area contributed by atoms with Gasteiger partial charge in [0.25, 0.3) is 0 Å². The van der Waals surface area contributed by atoms with Gasteiger partial charge in [0.1, 0.15) is 6.10 Å². The highest BCUT2D eigenvalue weighted by atomic mass is 79.9. The molecule has 0 aliphatic carbocycles. The van der Waals surface area contributed by atoms with Crippen molar-refractivity contribution < 1.29 is 9.47 Å². The Morgan fingerprint density at radius 1 is 1.50 bits per heavy atom. The van der Waals surface area contributed by atoms with E-state index in [2.05, 4.69) is 22.5 Å². The minimum absolute atomic E-state index is 0.0686. The third kappa shape index (κ3) is 4.03. The van der Waals surface area contributed by atoms with Gasteiger partial charge in [-0.15, -0.1) is 0 Å². The summed E-state index contributed by atoms with van der Waals surface area (Å²) >= 11 is 3.52. The highest BCUT2D eigenvalue weighted by molar-refractivity contribution is 9.10. The number of halogens is 1. The third-order valence-electron chi connectivity index (χ3n) is 2.44. The lowest BCUT2D eigenvalue weighted by Gasteiger charge is -2.17. The Kier molecular flexibility index (Phi) is 6.22. The van der Waals surface area contributed by atoms with Crippen molar-refractivity contribution in [2.24, 2.45) is 5.73 Å².